The number of hydrogen-bond donors (Lipinski definition) is 1. The smallest absolute Gasteiger partial charge is 0.303 e. The molecule has 0 aromatic heterocycles. The number of ketones is 1. The second kappa shape index (κ2) is 8.97. The molecular formula is C20H29NO3. The predicted octanol–water partition coefficient (Wildman–Crippen LogP) is 3.64. The highest BCUT2D eigenvalue weighted by Gasteiger charge is 2.25. The minimum Gasteiger partial charge on any atom is -0.481 e. The maximum Gasteiger partial charge on any atom is 0.303 e. The van der Waals surface area contributed by atoms with E-state index in [0.29, 0.717) is 12.3 Å². The summed E-state index contributed by atoms with van der Waals surface area (Å²) >= 11 is 0. The van der Waals surface area contributed by atoms with E-state index in [0.717, 1.165) is 44.5 Å². The fourth-order valence-electron chi connectivity index (χ4n) is 3.38. The van der Waals surface area contributed by atoms with Crippen LogP contribution in [-0.2, 0) is 11.2 Å². The average molecular weight is 331 g/mol. The van der Waals surface area contributed by atoms with Crippen molar-refractivity contribution in [1.29, 1.82) is 0 Å². The summed E-state index contributed by atoms with van der Waals surface area (Å²) in [5, 5.41) is 8.69. The van der Waals surface area contributed by atoms with Crippen LogP contribution in [-0.4, -0.2) is 41.4 Å². The summed E-state index contributed by atoms with van der Waals surface area (Å²) in [4.78, 5) is 25.5. The van der Waals surface area contributed by atoms with Crippen LogP contribution >= 0.6 is 0 Å². The lowest BCUT2D eigenvalue weighted by Crippen LogP contribution is -2.37. The predicted molar refractivity (Wildman–Crippen MR) is 95.3 cm³/mol. The molecule has 0 atom stereocenters. The van der Waals surface area contributed by atoms with Gasteiger partial charge in [0.15, 0.2) is 5.78 Å². The van der Waals surface area contributed by atoms with E-state index in [4.69, 9.17) is 5.11 Å². The van der Waals surface area contributed by atoms with Crippen molar-refractivity contribution in [3.05, 3.63) is 35.4 Å². The van der Waals surface area contributed by atoms with Gasteiger partial charge in [0.1, 0.15) is 0 Å². The first kappa shape index (κ1) is 18.7. The fourth-order valence-corrected chi connectivity index (χ4v) is 3.38. The molecule has 1 fully saturated rings. The van der Waals surface area contributed by atoms with Crippen LogP contribution in [0.5, 0.6) is 0 Å². The van der Waals surface area contributed by atoms with Gasteiger partial charge in [-0.05, 0) is 56.8 Å². The lowest BCUT2D eigenvalue weighted by atomic mass is 9.88. The van der Waals surface area contributed by atoms with E-state index < -0.39 is 5.97 Å². The molecule has 1 aromatic rings. The van der Waals surface area contributed by atoms with Crippen molar-refractivity contribution in [2.24, 2.45) is 11.8 Å². The Morgan fingerprint density at radius 3 is 2.33 bits per heavy atom. The number of carboxylic acid groups (broad SMARTS) is 1. The molecule has 4 nitrogen and oxygen atoms in total. The third-order valence-electron chi connectivity index (χ3n) is 4.71. The van der Waals surface area contributed by atoms with E-state index in [9.17, 15) is 9.59 Å². The summed E-state index contributed by atoms with van der Waals surface area (Å²) in [5.74, 6) is 0.255. The summed E-state index contributed by atoms with van der Waals surface area (Å²) < 4.78 is 0. The van der Waals surface area contributed by atoms with Gasteiger partial charge >= 0.3 is 5.97 Å². The number of carbonyl (C=O) groups is 2. The van der Waals surface area contributed by atoms with E-state index in [-0.39, 0.29) is 18.1 Å². The number of Topliss-reactive ketones (excluding diaryl/α,β-unsaturated/α-hetero) is 1. The Morgan fingerprint density at radius 1 is 1.17 bits per heavy atom. The lowest BCUT2D eigenvalue weighted by molar-refractivity contribution is -0.137. The van der Waals surface area contributed by atoms with Crippen LogP contribution < -0.4 is 0 Å². The lowest BCUT2D eigenvalue weighted by Gasteiger charge is -2.31. The van der Waals surface area contributed by atoms with E-state index in [1.165, 1.54) is 5.56 Å². The molecule has 0 amide bonds. The van der Waals surface area contributed by atoms with Crippen molar-refractivity contribution in [2.75, 3.05) is 19.6 Å². The van der Waals surface area contributed by atoms with E-state index in [2.05, 4.69) is 30.9 Å². The molecular weight excluding hydrogens is 302 g/mol. The Bertz CT molecular complexity index is 543. The SMILES string of the molecule is CC(C)Cc1ccc(C(=O)C2CCN(CCCC(=O)O)CC2)cc1. The van der Waals surface area contributed by atoms with Crippen LogP contribution in [0, 0.1) is 11.8 Å². The van der Waals surface area contributed by atoms with Crippen LogP contribution in [0.3, 0.4) is 0 Å². The third-order valence-corrected chi connectivity index (χ3v) is 4.71. The van der Waals surface area contributed by atoms with E-state index in [1.54, 1.807) is 0 Å². The molecule has 0 radical (unpaired) electrons. The summed E-state index contributed by atoms with van der Waals surface area (Å²) in [5.41, 5.74) is 2.11. The Labute approximate surface area is 144 Å². The van der Waals surface area contributed by atoms with Gasteiger partial charge in [-0.25, -0.2) is 0 Å². The van der Waals surface area contributed by atoms with Gasteiger partial charge in [-0.2, -0.15) is 0 Å². The quantitative estimate of drug-likeness (QED) is 0.739. The largest absolute Gasteiger partial charge is 0.481 e. The highest BCUT2D eigenvalue weighted by molar-refractivity contribution is 5.97. The third kappa shape index (κ3) is 5.75. The minimum absolute atomic E-state index is 0.108. The average Bonchev–Trinajstić information content (AvgIpc) is 2.55. The number of benzene rings is 1. The van der Waals surface area contributed by atoms with Crippen LogP contribution in [0.4, 0.5) is 0 Å². The van der Waals surface area contributed by atoms with Gasteiger partial charge in [0.05, 0.1) is 0 Å². The number of carbonyl (C=O) groups excluding carboxylic acids is 1. The molecule has 0 saturated carbocycles. The van der Waals surface area contributed by atoms with Crippen molar-refractivity contribution >= 4 is 11.8 Å². The van der Waals surface area contributed by atoms with Gasteiger partial charge in [-0.1, -0.05) is 38.1 Å². The maximum absolute atomic E-state index is 12.6. The topological polar surface area (TPSA) is 57.6 Å². The number of nitrogens with zero attached hydrogens (tertiary/aromatic N) is 1. The summed E-state index contributed by atoms with van der Waals surface area (Å²) in [7, 11) is 0. The number of rotatable bonds is 8. The zero-order chi connectivity index (χ0) is 17.5. The normalized spacial score (nSPS) is 16.5. The molecule has 0 spiro atoms. The molecule has 4 heteroatoms. The molecule has 1 heterocycles. The van der Waals surface area contributed by atoms with Gasteiger partial charge < -0.3 is 10.0 Å². The number of likely N-dealkylation sites (tertiary alicyclic amines) is 1. The number of piperidine rings is 1. The molecule has 1 N–H and O–H groups in total. The molecule has 1 aromatic carbocycles. The molecule has 0 bridgehead atoms. The van der Waals surface area contributed by atoms with Crippen molar-refractivity contribution < 1.29 is 14.7 Å². The second-order valence-corrected chi connectivity index (χ2v) is 7.27. The summed E-state index contributed by atoms with van der Waals surface area (Å²) in [6.45, 7) is 6.99. The second-order valence-electron chi connectivity index (χ2n) is 7.27. The minimum atomic E-state index is -0.735. The molecule has 1 aliphatic heterocycles. The molecule has 132 valence electrons. The number of hydrogen-bond acceptors (Lipinski definition) is 3. The molecule has 1 saturated heterocycles. The van der Waals surface area contributed by atoms with Crippen LogP contribution in [0.25, 0.3) is 0 Å². The van der Waals surface area contributed by atoms with Crippen molar-refractivity contribution in [3.8, 4) is 0 Å². The zero-order valence-corrected chi connectivity index (χ0v) is 14.8. The molecule has 0 unspecified atom stereocenters. The van der Waals surface area contributed by atoms with Crippen molar-refractivity contribution in [2.45, 2.75) is 46.0 Å². The molecule has 2 rings (SSSR count). The van der Waals surface area contributed by atoms with E-state index >= 15 is 0 Å². The fraction of sp³-hybridized carbons (Fsp3) is 0.600. The highest BCUT2D eigenvalue weighted by atomic mass is 16.4. The first-order chi connectivity index (χ1) is 11.5. The van der Waals surface area contributed by atoms with Crippen LogP contribution in [0.15, 0.2) is 24.3 Å². The Balaban J connectivity index is 1.80. The highest BCUT2D eigenvalue weighted by Crippen LogP contribution is 2.22. The van der Waals surface area contributed by atoms with Gasteiger partial charge in [0.2, 0.25) is 0 Å². The zero-order valence-electron chi connectivity index (χ0n) is 14.8. The van der Waals surface area contributed by atoms with Gasteiger partial charge in [0.25, 0.3) is 0 Å². The Kier molecular flexibility index (Phi) is 6.98. The van der Waals surface area contributed by atoms with Gasteiger partial charge in [0, 0.05) is 17.9 Å². The summed E-state index contributed by atoms with van der Waals surface area (Å²) in [6.07, 6.45) is 3.70. The Hall–Kier alpha value is -1.68. The van der Waals surface area contributed by atoms with Gasteiger partial charge in [-0.15, -0.1) is 0 Å². The molecule has 24 heavy (non-hydrogen) atoms. The number of carboxylic acids is 1. The standard InChI is InChI=1S/C20H29NO3/c1-15(2)14-16-5-7-17(8-6-16)20(24)18-9-12-21(13-10-18)11-3-4-19(22)23/h5-8,15,18H,3-4,9-14H2,1-2H3,(H,22,23). The molecule has 1 aliphatic rings. The summed E-state index contributed by atoms with van der Waals surface area (Å²) in [6, 6.07) is 8.10. The van der Waals surface area contributed by atoms with E-state index in [1.807, 2.05) is 12.1 Å². The van der Waals surface area contributed by atoms with Crippen LogP contribution in [0.1, 0.15) is 55.5 Å². The molecule has 0 aliphatic carbocycles. The van der Waals surface area contributed by atoms with Gasteiger partial charge in [-0.3, -0.25) is 9.59 Å². The first-order valence-electron chi connectivity index (χ1n) is 9.03. The monoisotopic (exact) mass is 331 g/mol. The Morgan fingerprint density at radius 2 is 1.79 bits per heavy atom. The van der Waals surface area contributed by atoms with Crippen molar-refractivity contribution in [1.82, 2.24) is 4.90 Å². The number of aliphatic carboxylic acids is 1. The first-order valence-corrected chi connectivity index (χ1v) is 9.03. The van der Waals surface area contributed by atoms with Crippen LogP contribution in [0.2, 0.25) is 0 Å². The maximum atomic E-state index is 12.6. The van der Waals surface area contributed by atoms with Crippen molar-refractivity contribution in [3.63, 3.8) is 0 Å².